The molecule has 16 heavy (non-hydrogen) atoms. The molecule has 0 saturated heterocycles. The van der Waals surface area contributed by atoms with Gasteiger partial charge in [-0.3, -0.25) is 0 Å². The van der Waals surface area contributed by atoms with E-state index in [-0.39, 0.29) is 56.8 Å². The number of hydrogen-bond acceptors (Lipinski definition) is 2. The van der Waals surface area contributed by atoms with E-state index in [1.165, 1.54) is 19.3 Å². The molecule has 0 aliphatic heterocycles. The third-order valence-electron chi connectivity index (χ3n) is 3.86. The molecule has 0 saturated carbocycles. The van der Waals surface area contributed by atoms with Crippen LogP contribution in [0.25, 0.3) is 0 Å². The fraction of sp³-hybridized carbons (Fsp3) is 0.923. The molecule has 0 spiro atoms. The number of carboxylic acid groups (broad SMARTS) is 1. The van der Waals surface area contributed by atoms with E-state index in [1.807, 2.05) is 13.8 Å². The molecule has 0 bridgehead atoms. The van der Waals surface area contributed by atoms with Crippen molar-refractivity contribution in [2.75, 3.05) is 0 Å². The van der Waals surface area contributed by atoms with Crippen LogP contribution in [0.2, 0.25) is 0 Å². The number of hydrogen-bond donors (Lipinski definition) is 0. The van der Waals surface area contributed by atoms with Crippen molar-refractivity contribution in [3.63, 3.8) is 0 Å². The minimum Gasteiger partial charge on any atom is -0.550 e. The minimum atomic E-state index is -0.942. The van der Waals surface area contributed by atoms with Gasteiger partial charge in [0.15, 0.2) is 0 Å². The van der Waals surface area contributed by atoms with E-state index in [2.05, 4.69) is 6.92 Å². The Morgan fingerprint density at radius 1 is 1.06 bits per heavy atom. The molecule has 0 radical (unpaired) electrons. The average Bonchev–Trinajstić information content (AvgIpc) is 2.12. The first kappa shape index (κ1) is 19.4. The van der Waals surface area contributed by atoms with Crippen LogP contribution in [0, 0.1) is 10.8 Å². The molecule has 0 heterocycles. The molecule has 90 valence electrons. The van der Waals surface area contributed by atoms with E-state index in [0.29, 0.717) is 0 Å². The van der Waals surface area contributed by atoms with Gasteiger partial charge >= 0.3 is 51.4 Å². The van der Waals surface area contributed by atoms with Crippen molar-refractivity contribution in [1.82, 2.24) is 0 Å². The smallest absolute Gasteiger partial charge is 0.550 e. The van der Waals surface area contributed by atoms with E-state index in [0.717, 1.165) is 12.8 Å². The molecule has 0 aromatic heterocycles. The van der Waals surface area contributed by atoms with E-state index < -0.39 is 11.4 Å². The van der Waals surface area contributed by atoms with Gasteiger partial charge in [-0.05, 0) is 11.8 Å². The Morgan fingerprint density at radius 3 is 1.94 bits per heavy atom. The number of unbranched alkanes of at least 4 members (excludes halogenated alkanes) is 3. The molecule has 0 atom stereocenters. The summed E-state index contributed by atoms with van der Waals surface area (Å²) in [4.78, 5) is 11.0. The standard InChI is InChI=1S/C13H26O2.K/c1-6-7-8-9-10-12(2,3)13(4,5)11(14)15;/h6-10H2,1-5H3,(H,14,15);/q;+1/p-1. The molecule has 0 aromatic carbocycles. The van der Waals surface area contributed by atoms with Crippen LogP contribution < -0.4 is 56.5 Å². The number of carboxylic acids is 1. The van der Waals surface area contributed by atoms with Crippen LogP contribution in [0.5, 0.6) is 0 Å². The third kappa shape index (κ3) is 5.63. The van der Waals surface area contributed by atoms with Gasteiger partial charge in [-0.2, -0.15) is 0 Å². The van der Waals surface area contributed by atoms with Gasteiger partial charge in [-0.15, -0.1) is 0 Å². The van der Waals surface area contributed by atoms with Gasteiger partial charge < -0.3 is 9.90 Å². The molecule has 0 aliphatic carbocycles. The summed E-state index contributed by atoms with van der Waals surface area (Å²) in [5, 5.41) is 11.0. The van der Waals surface area contributed by atoms with Crippen LogP contribution >= 0.6 is 0 Å². The van der Waals surface area contributed by atoms with Crippen LogP contribution in [0.4, 0.5) is 0 Å². The molecule has 0 aliphatic rings. The predicted octanol–water partition coefficient (Wildman–Crippen LogP) is -0.237. The number of carbonyl (C=O) groups is 1. The van der Waals surface area contributed by atoms with Gasteiger partial charge in [0.05, 0.1) is 0 Å². The Morgan fingerprint density at radius 2 is 1.56 bits per heavy atom. The van der Waals surface area contributed by atoms with E-state index in [9.17, 15) is 9.90 Å². The molecule has 0 unspecified atom stereocenters. The molecular weight excluding hydrogens is 227 g/mol. The van der Waals surface area contributed by atoms with Crippen LogP contribution in [0.3, 0.4) is 0 Å². The Bertz CT molecular complexity index is 210. The van der Waals surface area contributed by atoms with Gasteiger partial charge in [0.2, 0.25) is 0 Å². The van der Waals surface area contributed by atoms with Crippen LogP contribution in [0.15, 0.2) is 0 Å². The summed E-state index contributed by atoms with van der Waals surface area (Å²) in [7, 11) is 0. The van der Waals surface area contributed by atoms with Gasteiger partial charge in [0.1, 0.15) is 0 Å². The van der Waals surface area contributed by atoms with Crippen molar-refractivity contribution in [2.45, 2.75) is 66.7 Å². The second-order valence-corrected chi connectivity index (χ2v) is 5.61. The zero-order valence-corrected chi connectivity index (χ0v) is 15.0. The summed E-state index contributed by atoms with van der Waals surface area (Å²) < 4.78 is 0. The van der Waals surface area contributed by atoms with Gasteiger partial charge in [0, 0.05) is 11.4 Å². The van der Waals surface area contributed by atoms with Crippen molar-refractivity contribution >= 4 is 5.97 Å². The minimum absolute atomic E-state index is 0. The quantitative estimate of drug-likeness (QED) is 0.464. The van der Waals surface area contributed by atoms with E-state index in [4.69, 9.17) is 0 Å². The first-order chi connectivity index (χ1) is 6.75. The predicted molar refractivity (Wildman–Crippen MR) is 61.3 cm³/mol. The van der Waals surface area contributed by atoms with Crippen molar-refractivity contribution in [2.24, 2.45) is 10.8 Å². The molecule has 0 rings (SSSR count). The first-order valence-electron chi connectivity index (χ1n) is 5.97. The fourth-order valence-electron chi connectivity index (χ4n) is 1.58. The second kappa shape index (κ2) is 8.25. The molecular formula is C13H25KO2. The number of aliphatic carboxylic acids is 1. The molecule has 2 nitrogen and oxygen atoms in total. The molecule has 0 N–H and O–H groups in total. The Labute approximate surface area is 143 Å². The summed E-state index contributed by atoms with van der Waals surface area (Å²) in [5.74, 6) is -0.942. The first-order valence-corrected chi connectivity index (χ1v) is 5.97. The second-order valence-electron chi connectivity index (χ2n) is 5.61. The third-order valence-corrected chi connectivity index (χ3v) is 3.86. The molecule has 3 heteroatoms. The summed E-state index contributed by atoms with van der Waals surface area (Å²) in [6.45, 7) is 9.75. The summed E-state index contributed by atoms with van der Waals surface area (Å²) in [5.41, 5.74) is -0.946. The summed E-state index contributed by atoms with van der Waals surface area (Å²) >= 11 is 0. The van der Waals surface area contributed by atoms with Crippen LogP contribution in [-0.2, 0) is 4.79 Å². The Hall–Kier alpha value is 1.11. The zero-order valence-electron chi connectivity index (χ0n) is 11.9. The SMILES string of the molecule is CCCCCCC(C)(C)C(C)(C)C(=O)[O-].[K+]. The van der Waals surface area contributed by atoms with Gasteiger partial charge in [0.25, 0.3) is 0 Å². The van der Waals surface area contributed by atoms with Crippen molar-refractivity contribution in [1.29, 1.82) is 0 Å². The van der Waals surface area contributed by atoms with E-state index in [1.54, 1.807) is 13.8 Å². The summed E-state index contributed by atoms with van der Waals surface area (Å²) in [6.07, 6.45) is 5.71. The fourth-order valence-corrected chi connectivity index (χ4v) is 1.58. The van der Waals surface area contributed by atoms with Crippen LogP contribution in [-0.4, -0.2) is 5.97 Å². The van der Waals surface area contributed by atoms with Crippen molar-refractivity contribution in [3.8, 4) is 0 Å². The molecule has 0 amide bonds. The zero-order chi connectivity index (χ0) is 12.1. The monoisotopic (exact) mass is 252 g/mol. The Balaban J connectivity index is 0. The van der Waals surface area contributed by atoms with Crippen LogP contribution in [0.1, 0.15) is 66.7 Å². The maximum absolute atomic E-state index is 11.0. The normalized spacial score (nSPS) is 12.1. The van der Waals surface area contributed by atoms with Gasteiger partial charge in [-0.1, -0.05) is 60.3 Å². The number of rotatable bonds is 7. The molecule has 0 aromatic rings. The topological polar surface area (TPSA) is 40.1 Å². The maximum atomic E-state index is 11.0. The van der Waals surface area contributed by atoms with Gasteiger partial charge in [-0.25, -0.2) is 0 Å². The maximum Gasteiger partial charge on any atom is 1.00 e. The average molecular weight is 252 g/mol. The van der Waals surface area contributed by atoms with E-state index >= 15 is 0 Å². The van der Waals surface area contributed by atoms with Crippen molar-refractivity contribution < 1.29 is 61.3 Å². The van der Waals surface area contributed by atoms with Crippen molar-refractivity contribution in [3.05, 3.63) is 0 Å². The number of carbonyl (C=O) groups excluding carboxylic acids is 1. The molecule has 0 fully saturated rings. The Kier molecular flexibility index (Phi) is 10.0. The summed E-state index contributed by atoms with van der Waals surface area (Å²) in [6, 6.07) is 0. The largest absolute Gasteiger partial charge is 1.00 e.